The number of ether oxygens (including phenoxy) is 3. The van der Waals surface area contributed by atoms with Gasteiger partial charge < -0.3 is 14.2 Å². The van der Waals surface area contributed by atoms with Crippen molar-refractivity contribution in [1.82, 2.24) is 5.43 Å². The van der Waals surface area contributed by atoms with Crippen LogP contribution in [0.4, 0.5) is 0 Å². The van der Waals surface area contributed by atoms with E-state index in [0.29, 0.717) is 22.8 Å². The molecule has 184 valence electrons. The molecule has 1 heterocycles. The summed E-state index contributed by atoms with van der Waals surface area (Å²) in [5, 5.41) is 4.09. The van der Waals surface area contributed by atoms with Crippen molar-refractivity contribution >= 4 is 18.1 Å². The van der Waals surface area contributed by atoms with Crippen molar-refractivity contribution in [2.45, 2.75) is 38.5 Å². The van der Waals surface area contributed by atoms with Crippen molar-refractivity contribution < 1.29 is 23.8 Å². The number of fused-ring (bicyclic) bond motifs is 1. The molecule has 0 bridgehead atoms. The number of carbonyl (C=O) groups is 2. The molecule has 5 rings (SSSR count). The van der Waals surface area contributed by atoms with Crippen LogP contribution in [-0.4, -0.2) is 24.9 Å². The maximum absolute atomic E-state index is 12.5. The van der Waals surface area contributed by atoms with Gasteiger partial charge in [0.2, 0.25) is 12.7 Å². The average molecular weight is 485 g/mol. The van der Waals surface area contributed by atoms with Gasteiger partial charge in [-0.2, -0.15) is 5.10 Å². The molecule has 0 radical (unpaired) electrons. The van der Waals surface area contributed by atoms with E-state index < -0.39 is 5.97 Å². The number of rotatable bonds is 6. The smallest absolute Gasteiger partial charge is 0.343 e. The molecular formula is C29H28N2O5. The normalized spacial score (nSPS) is 18.2. The van der Waals surface area contributed by atoms with E-state index in [1.54, 1.807) is 48.7 Å². The Hall–Kier alpha value is -4.13. The number of carbonyl (C=O) groups excluding carboxylic acids is 2. The number of nitrogens with zero attached hydrogens (tertiary/aromatic N) is 1. The van der Waals surface area contributed by atoms with Crippen LogP contribution in [0.5, 0.6) is 17.2 Å². The summed E-state index contributed by atoms with van der Waals surface area (Å²) in [7, 11) is 0. The van der Waals surface area contributed by atoms with E-state index in [1.165, 1.54) is 11.1 Å². The number of amides is 1. The molecule has 3 aromatic rings. The molecule has 1 fully saturated rings. The lowest BCUT2D eigenvalue weighted by molar-refractivity contribution is -0.122. The Morgan fingerprint density at radius 1 is 0.972 bits per heavy atom. The average Bonchev–Trinajstić information content (AvgIpc) is 3.53. The first kappa shape index (κ1) is 23.6. The minimum atomic E-state index is -0.492. The molecule has 3 aromatic carbocycles. The fourth-order valence-electron chi connectivity index (χ4n) is 4.15. The Bertz CT molecular complexity index is 1310. The number of benzene rings is 3. The van der Waals surface area contributed by atoms with Gasteiger partial charge in [0.25, 0.3) is 0 Å². The summed E-state index contributed by atoms with van der Waals surface area (Å²) in [4.78, 5) is 24.9. The molecule has 2 aliphatic rings. The van der Waals surface area contributed by atoms with E-state index in [9.17, 15) is 9.59 Å². The fraction of sp³-hybridized carbons (Fsp3) is 0.276. The SMILES string of the molecule is CC(C)(C)c1ccc(C2CC2C(=O)N/N=C\c2ccc(OC(=O)c3ccc4c(c3)OCO4)cc2)cc1. The Balaban J connectivity index is 1.11. The minimum Gasteiger partial charge on any atom is -0.454 e. The van der Waals surface area contributed by atoms with Crippen LogP contribution in [0.25, 0.3) is 0 Å². The molecule has 0 saturated heterocycles. The van der Waals surface area contributed by atoms with E-state index in [-0.39, 0.29) is 30.0 Å². The summed E-state index contributed by atoms with van der Waals surface area (Å²) in [6.07, 6.45) is 2.40. The molecule has 1 aliphatic carbocycles. The Morgan fingerprint density at radius 2 is 1.69 bits per heavy atom. The van der Waals surface area contributed by atoms with E-state index in [0.717, 1.165) is 12.0 Å². The number of hydrogen-bond acceptors (Lipinski definition) is 6. The molecule has 1 saturated carbocycles. The molecule has 7 heteroatoms. The maximum Gasteiger partial charge on any atom is 0.343 e. The Kier molecular flexibility index (Phi) is 6.22. The number of hydrogen-bond donors (Lipinski definition) is 1. The number of hydrazone groups is 1. The molecule has 36 heavy (non-hydrogen) atoms. The first-order chi connectivity index (χ1) is 17.3. The second-order valence-corrected chi connectivity index (χ2v) is 10.1. The molecule has 2 unspecified atom stereocenters. The van der Waals surface area contributed by atoms with Crippen LogP contribution in [0.2, 0.25) is 0 Å². The highest BCUT2D eigenvalue weighted by atomic mass is 16.7. The fourth-order valence-corrected chi connectivity index (χ4v) is 4.15. The van der Waals surface area contributed by atoms with Gasteiger partial charge in [-0.05, 0) is 76.9 Å². The Morgan fingerprint density at radius 3 is 2.42 bits per heavy atom. The lowest BCUT2D eigenvalue weighted by Gasteiger charge is -2.19. The third kappa shape index (κ3) is 5.25. The van der Waals surface area contributed by atoms with Gasteiger partial charge in [0.05, 0.1) is 11.8 Å². The number of nitrogens with one attached hydrogen (secondary N) is 1. The quantitative estimate of drug-likeness (QED) is 0.225. The molecule has 2 atom stereocenters. The molecule has 1 amide bonds. The highest BCUT2D eigenvalue weighted by Crippen LogP contribution is 2.47. The summed E-state index contributed by atoms with van der Waals surface area (Å²) in [5.74, 6) is 1.15. The molecule has 7 nitrogen and oxygen atoms in total. The van der Waals surface area contributed by atoms with E-state index in [2.05, 4.69) is 55.6 Å². The highest BCUT2D eigenvalue weighted by molar-refractivity contribution is 5.92. The zero-order chi connectivity index (χ0) is 25.3. The third-order valence-corrected chi connectivity index (χ3v) is 6.42. The lowest BCUT2D eigenvalue weighted by Crippen LogP contribution is -2.20. The maximum atomic E-state index is 12.5. The molecule has 1 N–H and O–H groups in total. The second-order valence-electron chi connectivity index (χ2n) is 10.1. The monoisotopic (exact) mass is 484 g/mol. The topological polar surface area (TPSA) is 86.2 Å². The van der Waals surface area contributed by atoms with Gasteiger partial charge in [-0.25, -0.2) is 10.2 Å². The highest BCUT2D eigenvalue weighted by Gasteiger charge is 2.44. The largest absolute Gasteiger partial charge is 0.454 e. The standard InChI is InChI=1S/C29H28N2O5/c1-29(2,3)21-9-6-19(7-10-21)23-15-24(23)27(32)31-30-16-18-4-11-22(12-5-18)36-28(33)20-8-13-25-26(14-20)35-17-34-25/h4-14,16,23-24H,15,17H2,1-3H3,(H,31,32)/b30-16-. The van der Waals surface area contributed by atoms with Gasteiger partial charge in [0, 0.05) is 5.92 Å². The Labute approximate surface area is 210 Å². The van der Waals surface area contributed by atoms with Gasteiger partial charge in [0.15, 0.2) is 11.5 Å². The van der Waals surface area contributed by atoms with Gasteiger partial charge in [0.1, 0.15) is 5.75 Å². The zero-order valence-electron chi connectivity index (χ0n) is 20.5. The van der Waals surface area contributed by atoms with Crippen LogP contribution in [-0.2, 0) is 10.2 Å². The van der Waals surface area contributed by atoms with Crippen molar-refractivity contribution in [1.29, 1.82) is 0 Å². The van der Waals surface area contributed by atoms with E-state index in [4.69, 9.17) is 14.2 Å². The predicted molar refractivity (Wildman–Crippen MR) is 136 cm³/mol. The van der Waals surface area contributed by atoms with Crippen molar-refractivity contribution in [2.75, 3.05) is 6.79 Å². The van der Waals surface area contributed by atoms with Crippen LogP contribution in [0.1, 0.15) is 60.2 Å². The van der Waals surface area contributed by atoms with Crippen LogP contribution in [0.15, 0.2) is 71.8 Å². The predicted octanol–water partition coefficient (Wildman–Crippen LogP) is 5.19. The molecule has 1 aliphatic heterocycles. The van der Waals surface area contributed by atoms with Crippen molar-refractivity contribution in [2.24, 2.45) is 11.0 Å². The van der Waals surface area contributed by atoms with Crippen molar-refractivity contribution in [3.05, 3.63) is 89.0 Å². The van der Waals surface area contributed by atoms with Crippen molar-refractivity contribution in [3.63, 3.8) is 0 Å². The van der Waals surface area contributed by atoms with Crippen LogP contribution < -0.4 is 19.6 Å². The second kappa shape index (κ2) is 9.49. The summed E-state index contributed by atoms with van der Waals surface area (Å²) in [6.45, 7) is 6.71. The van der Waals surface area contributed by atoms with Crippen LogP contribution in [0.3, 0.4) is 0 Å². The molecule has 0 spiro atoms. The first-order valence-corrected chi connectivity index (χ1v) is 11.9. The summed E-state index contributed by atoms with van der Waals surface area (Å²) < 4.78 is 16.0. The van der Waals surface area contributed by atoms with Gasteiger partial charge in [-0.1, -0.05) is 45.0 Å². The van der Waals surface area contributed by atoms with Gasteiger partial charge in [-0.3, -0.25) is 4.79 Å². The third-order valence-electron chi connectivity index (χ3n) is 6.42. The van der Waals surface area contributed by atoms with Gasteiger partial charge in [-0.15, -0.1) is 0 Å². The van der Waals surface area contributed by atoms with Crippen molar-refractivity contribution in [3.8, 4) is 17.2 Å². The van der Waals surface area contributed by atoms with Crippen LogP contribution >= 0.6 is 0 Å². The summed E-state index contributed by atoms with van der Waals surface area (Å²) in [6, 6.07) is 20.3. The molecular weight excluding hydrogens is 456 g/mol. The molecule has 0 aromatic heterocycles. The van der Waals surface area contributed by atoms with E-state index >= 15 is 0 Å². The van der Waals surface area contributed by atoms with Crippen LogP contribution in [0, 0.1) is 5.92 Å². The van der Waals surface area contributed by atoms with Gasteiger partial charge >= 0.3 is 5.97 Å². The number of esters is 1. The van der Waals surface area contributed by atoms with E-state index in [1.807, 2.05) is 0 Å². The lowest BCUT2D eigenvalue weighted by atomic mass is 9.86. The minimum absolute atomic E-state index is 0.0550. The summed E-state index contributed by atoms with van der Waals surface area (Å²) in [5.41, 5.74) is 6.37. The zero-order valence-corrected chi connectivity index (χ0v) is 20.5. The summed E-state index contributed by atoms with van der Waals surface area (Å²) >= 11 is 0. The first-order valence-electron chi connectivity index (χ1n) is 11.9.